The third kappa shape index (κ3) is 10.7. The second kappa shape index (κ2) is 15.6. The van der Waals surface area contributed by atoms with Gasteiger partial charge in [0.1, 0.15) is 22.8 Å². The summed E-state index contributed by atoms with van der Waals surface area (Å²) in [5.74, 6) is 1.97. The average molecular weight is 685 g/mol. The molecule has 12 heteroatoms. The molecule has 0 atom stereocenters. The predicted octanol–water partition coefficient (Wildman–Crippen LogP) is 6.80. The van der Waals surface area contributed by atoms with Gasteiger partial charge in [0.2, 0.25) is 5.96 Å². The molecule has 2 aliphatic rings. The van der Waals surface area contributed by atoms with Gasteiger partial charge in [-0.2, -0.15) is 0 Å². The number of aliphatic imine (C=N–C) groups is 1. The van der Waals surface area contributed by atoms with Crippen molar-refractivity contribution >= 4 is 35.6 Å². The van der Waals surface area contributed by atoms with Gasteiger partial charge in [-0.25, -0.2) is 14.6 Å². The Hall–Kier alpha value is -5.13. The number of alkyl carbamates (subject to hydrolysis) is 1. The Kier molecular flexibility index (Phi) is 11.3. The van der Waals surface area contributed by atoms with Crippen molar-refractivity contribution in [1.82, 2.24) is 15.2 Å². The van der Waals surface area contributed by atoms with Gasteiger partial charge in [0.15, 0.2) is 0 Å². The highest BCUT2D eigenvalue weighted by atomic mass is 16.6. The molecule has 0 radical (unpaired) electrons. The summed E-state index contributed by atoms with van der Waals surface area (Å²) in [6.45, 7) is 13.9. The number of pyridine rings is 1. The van der Waals surface area contributed by atoms with Crippen LogP contribution in [0.3, 0.4) is 0 Å². The summed E-state index contributed by atoms with van der Waals surface area (Å²) in [5, 5.41) is 5.56. The molecule has 2 aromatic carbocycles. The fraction of sp³-hybridized carbons (Fsp3) is 0.447. The number of fused-ring (bicyclic) bond motifs is 1. The zero-order valence-electron chi connectivity index (χ0n) is 29.8. The topological polar surface area (TPSA) is 135 Å². The van der Waals surface area contributed by atoms with E-state index in [-0.39, 0.29) is 11.9 Å². The standard InChI is InChI=1S/C38H48N6O6/c1-37(2,3)49-35(46)41-34(42-36(47)50-38(4,5)6)44-21-18-27-12-14-31(22-29(27)24-44)48-25-26-16-19-43(20-17-26)32-15-13-30(23-39-32)40-33(45)28-10-8-7-9-11-28/h7-15,22-23,26H,16-21,24-25H2,1-6H3,(H,40,45)(H,41,42,46,47). The monoisotopic (exact) mass is 684 g/mol. The van der Waals surface area contributed by atoms with E-state index in [1.165, 1.54) is 5.56 Å². The molecule has 2 N–H and O–H groups in total. The van der Waals surface area contributed by atoms with Crippen molar-refractivity contribution in [2.24, 2.45) is 10.9 Å². The van der Waals surface area contributed by atoms with Crippen LogP contribution in [0.25, 0.3) is 0 Å². The molecule has 50 heavy (non-hydrogen) atoms. The molecule has 2 aliphatic heterocycles. The highest BCUT2D eigenvalue weighted by Crippen LogP contribution is 2.27. The highest BCUT2D eigenvalue weighted by Gasteiger charge is 2.27. The molecule has 0 bridgehead atoms. The van der Waals surface area contributed by atoms with Crippen molar-refractivity contribution in [1.29, 1.82) is 0 Å². The van der Waals surface area contributed by atoms with Gasteiger partial charge in [0, 0.05) is 31.7 Å². The third-order valence-electron chi connectivity index (χ3n) is 8.16. The second-order valence-corrected chi connectivity index (χ2v) is 14.6. The molecule has 1 saturated heterocycles. The predicted molar refractivity (Wildman–Crippen MR) is 193 cm³/mol. The molecular formula is C38H48N6O6. The molecule has 3 amide bonds. The molecule has 0 spiro atoms. The SMILES string of the molecule is CC(C)(C)OC(=O)/N=C(\NC(=O)OC(C)(C)C)N1CCc2ccc(OCC3CCN(c4ccc(NC(=O)c5ccccc5)cn4)CC3)cc2C1. The van der Waals surface area contributed by atoms with Crippen molar-refractivity contribution in [3.8, 4) is 5.75 Å². The molecule has 3 aromatic rings. The smallest absolute Gasteiger partial charge is 0.437 e. The van der Waals surface area contributed by atoms with Crippen LogP contribution in [0.4, 0.5) is 21.1 Å². The molecular weight excluding hydrogens is 636 g/mol. The zero-order chi connectivity index (χ0) is 35.9. The quantitative estimate of drug-likeness (QED) is 0.212. The van der Waals surface area contributed by atoms with Crippen LogP contribution >= 0.6 is 0 Å². The van der Waals surface area contributed by atoms with E-state index in [1.54, 1.807) is 59.9 Å². The number of hydrogen-bond donors (Lipinski definition) is 2. The summed E-state index contributed by atoms with van der Waals surface area (Å²) in [5.41, 5.74) is 2.01. The first kappa shape index (κ1) is 36.2. The minimum absolute atomic E-state index is 0.0818. The molecule has 0 unspecified atom stereocenters. The van der Waals surface area contributed by atoms with Crippen molar-refractivity contribution in [3.05, 3.63) is 83.6 Å². The first-order valence-corrected chi connectivity index (χ1v) is 17.1. The molecule has 266 valence electrons. The van der Waals surface area contributed by atoms with E-state index in [9.17, 15) is 14.4 Å². The van der Waals surface area contributed by atoms with E-state index in [0.29, 0.717) is 43.3 Å². The summed E-state index contributed by atoms with van der Waals surface area (Å²) in [6, 6.07) is 19.0. The van der Waals surface area contributed by atoms with Crippen LogP contribution in [-0.2, 0) is 22.4 Å². The minimum Gasteiger partial charge on any atom is -0.493 e. The summed E-state index contributed by atoms with van der Waals surface area (Å²) in [4.78, 5) is 50.6. The molecule has 3 heterocycles. The molecule has 5 rings (SSSR count). The van der Waals surface area contributed by atoms with E-state index in [2.05, 4.69) is 31.6 Å². The molecule has 12 nitrogen and oxygen atoms in total. The number of carbonyl (C=O) groups is 3. The van der Waals surface area contributed by atoms with Crippen molar-refractivity contribution < 1.29 is 28.6 Å². The van der Waals surface area contributed by atoms with Gasteiger partial charge in [-0.1, -0.05) is 24.3 Å². The van der Waals surface area contributed by atoms with E-state index >= 15 is 0 Å². The van der Waals surface area contributed by atoms with Crippen LogP contribution in [0.5, 0.6) is 5.75 Å². The van der Waals surface area contributed by atoms with Gasteiger partial charge in [-0.15, -0.1) is 4.99 Å². The molecule has 0 aliphatic carbocycles. The first-order valence-electron chi connectivity index (χ1n) is 17.1. The largest absolute Gasteiger partial charge is 0.493 e. The van der Waals surface area contributed by atoms with Gasteiger partial charge >= 0.3 is 12.2 Å². The Labute approximate surface area is 294 Å². The van der Waals surface area contributed by atoms with Crippen molar-refractivity contribution in [2.45, 2.75) is 78.6 Å². The minimum atomic E-state index is -0.794. The highest BCUT2D eigenvalue weighted by molar-refractivity contribution is 6.04. The van der Waals surface area contributed by atoms with Crippen LogP contribution in [0, 0.1) is 5.92 Å². The lowest BCUT2D eigenvalue weighted by Crippen LogP contribution is -2.48. The summed E-state index contributed by atoms with van der Waals surface area (Å²) in [6.07, 6.45) is 2.84. The van der Waals surface area contributed by atoms with Crippen LogP contribution in [-0.4, -0.2) is 71.4 Å². The van der Waals surface area contributed by atoms with Crippen LogP contribution < -0.4 is 20.3 Å². The Morgan fingerprint density at radius 1 is 0.880 bits per heavy atom. The lowest BCUT2D eigenvalue weighted by atomic mass is 9.97. The number of guanidine groups is 1. The van der Waals surface area contributed by atoms with Crippen molar-refractivity contribution in [2.75, 3.05) is 36.5 Å². The number of nitrogens with one attached hydrogen (secondary N) is 2. The van der Waals surface area contributed by atoms with E-state index in [0.717, 1.165) is 43.1 Å². The molecule has 1 fully saturated rings. The maximum absolute atomic E-state index is 12.7. The fourth-order valence-corrected chi connectivity index (χ4v) is 5.73. The van der Waals surface area contributed by atoms with Gasteiger partial charge in [0.05, 0.1) is 18.5 Å². The maximum Gasteiger partial charge on any atom is 0.437 e. The van der Waals surface area contributed by atoms with Crippen LogP contribution in [0.15, 0.2) is 71.9 Å². The lowest BCUT2D eigenvalue weighted by Gasteiger charge is -2.33. The molecule has 1 aromatic heterocycles. The first-order chi connectivity index (χ1) is 23.7. The second-order valence-electron chi connectivity index (χ2n) is 14.6. The Morgan fingerprint density at radius 2 is 1.60 bits per heavy atom. The Balaban J connectivity index is 1.14. The number of aromatic nitrogens is 1. The molecule has 0 saturated carbocycles. The van der Waals surface area contributed by atoms with Crippen LogP contribution in [0.1, 0.15) is 75.9 Å². The number of anilines is 2. The van der Waals surface area contributed by atoms with E-state index in [1.807, 2.05) is 47.4 Å². The number of hydrogen-bond acceptors (Lipinski definition) is 8. The lowest BCUT2D eigenvalue weighted by molar-refractivity contribution is 0.0553. The average Bonchev–Trinajstić information content (AvgIpc) is 3.06. The Bertz CT molecular complexity index is 1670. The number of carbonyl (C=O) groups excluding carboxylic acids is 3. The summed E-state index contributed by atoms with van der Waals surface area (Å²) in [7, 11) is 0. The number of nitrogens with zero attached hydrogens (tertiary/aromatic N) is 4. The number of amides is 3. The van der Waals surface area contributed by atoms with Crippen molar-refractivity contribution in [3.63, 3.8) is 0 Å². The Morgan fingerprint density at radius 3 is 2.26 bits per heavy atom. The fourth-order valence-electron chi connectivity index (χ4n) is 5.73. The third-order valence-corrected chi connectivity index (χ3v) is 8.16. The van der Waals surface area contributed by atoms with E-state index < -0.39 is 23.4 Å². The zero-order valence-corrected chi connectivity index (χ0v) is 29.8. The normalized spacial score (nSPS) is 15.5. The summed E-state index contributed by atoms with van der Waals surface area (Å²) >= 11 is 0. The number of rotatable bonds is 6. The van der Waals surface area contributed by atoms with Gasteiger partial charge in [-0.3, -0.25) is 10.1 Å². The summed E-state index contributed by atoms with van der Waals surface area (Å²) < 4.78 is 17.1. The number of benzene rings is 2. The van der Waals surface area contributed by atoms with Gasteiger partial charge in [0.25, 0.3) is 5.91 Å². The van der Waals surface area contributed by atoms with Gasteiger partial charge in [-0.05, 0) is 114 Å². The maximum atomic E-state index is 12.7. The number of piperidine rings is 1. The number of ether oxygens (including phenoxy) is 3. The van der Waals surface area contributed by atoms with E-state index in [4.69, 9.17) is 14.2 Å². The van der Waals surface area contributed by atoms with Crippen LogP contribution in [0.2, 0.25) is 0 Å². The van der Waals surface area contributed by atoms with Gasteiger partial charge < -0.3 is 29.3 Å².